The Morgan fingerprint density at radius 2 is 1.96 bits per heavy atom. The number of nitrogens with one attached hydrogen (secondary N) is 1. The number of hydrogen-bond acceptors (Lipinski definition) is 7. The van der Waals surface area contributed by atoms with Crippen molar-refractivity contribution in [2.45, 2.75) is 5.16 Å². The van der Waals surface area contributed by atoms with Crippen LogP contribution in [0.5, 0.6) is 11.5 Å². The normalized spacial score (nSPS) is 12.7. The second kappa shape index (κ2) is 7.20. The average molecular weight is 384 g/mol. The molecule has 1 amide bonds. The van der Waals surface area contributed by atoms with Crippen molar-refractivity contribution in [3.8, 4) is 11.5 Å². The van der Waals surface area contributed by atoms with Crippen molar-refractivity contribution in [3.05, 3.63) is 52.8 Å². The lowest BCUT2D eigenvalue weighted by Gasteiger charge is -2.19. The second-order valence-electron chi connectivity index (χ2n) is 5.78. The number of nitrogen functional groups attached to an aromatic ring is 1. The molecule has 0 radical (unpaired) electrons. The molecule has 9 heteroatoms. The van der Waals surface area contributed by atoms with Crippen LogP contribution in [0.3, 0.4) is 0 Å². The summed E-state index contributed by atoms with van der Waals surface area (Å²) in [5.41, 5.74) is 0.788. The SMILES string of the molecule is Nn1c(SCC(=O)Nc2ccc3c(c2)OCCO3)nc2ccccc2c1=O. The van der Waals surface area contributed by atoms with Gasteiger partial charge in [0.25, 0.3) is 5.56 Å². The van der Waals surface area contributed by atoms with Crippen molar-refractivity contribution < 1.29 is 14.3 Å². The van der Waals surface area contributed by atoms with Crippen molar-refractivity contribution in [1.29, 1.82) is 0 Å². The molecule has 0 saturated carbocycles. The molecule has 0 saturated heterocycles. The molecular formula is C18H16N4O4S. The van der Waals surface area contributed by atoms with Crippen LogP contribution in [0, 0.1) is 0 Å². The number of carbonyl (C=O) groups is 1. The number of benzene rings is 2. The number of para-hydroxylation sites is 1. The zero-order chi connectivity index (χ0) is 18.8. The van der Waals surface area contributed by atoms with Crippen molar-refractivity contribution in [2.75, 3.05) is 30.1 Å². The molecule has 2 heterocycles. The van der Waals surface area contributed by atoms with E-state index >= 15 is 0 Å². The topological polar surface area (TPSA) is 108 Å². The third-order valence-corrected chi connectivity index (χ3v) is 4.89. The van der Waals surface area contributed by atoms with Gasteiger partial charge in [0.05, 0.1) is 16.7 Å². The van der Waals surface area contributed by atoms with Gasteiger partial charge < -0.3 is 20.6 Å². The number of aromatic nitrogens is 2. The maximum absolute atomic E-state index is 12.3. The summed E-state index contributed by atoms with van der Waals surface area (Å²) < 4.78 is 11.9. The minimum Gasteiger partial charge on any atom is -0.486 e. The molecule has 0 fully saturated rings. The molecule has 0 atom stereocenters. The lowest BCUT2D eigenvalue weighted by atomic mass is 10.2. The van der Waals surface area contributed by atoms with E-state index in [-0.39, 0.29) is 22.4 Å². The quantitative estimate of drug-likeness (QED) is 0.400. The van der Waals surface area contributed by atoms with Gasteiger partial charge in [0.2, 0.25) is 5.91 Å². The smallest absolute Gasteiger partial charge is 0.280 e. The van der Waals surface area contributed by atoms with Crippen LogP contribution in [0.1, 0.15) is 0 Å². The van der Waals surface area contributed by atoms with Gasteiger partial charge in [-0.15, -0.1) is 0 Å². The number of ether oxygens (including phenoxy) is 2. The van der Waals surface area contributed by atoms with E-state index < -0.39 is 0 Å². The predicted octanol–water partition coefficient (Wildman–Crippen LogP) is 1.61. The van der Waals surface area contributed by atoms with Gasteiger partial charge in [0.15, 0.2) is 16.7 Å². The number of nitrogens with zero attached hydrogens (tertiary/aromatic N) is 2. The summed E-state index contributed by atoms with van der Waals surface area (Å²) in [4.78, 5) is 28.9. The maximum atomic E-state index is 12.3. The van der Waals surface area contributed by atoms with E-state index in [4.69, 9.17) is 15.3 Å². The van der Waals surface area contributed by atoms with E-state index in [1.54, 1.807) is 42.5 Å². The largest absolute Gasteiger partial charge is 0.486 e. The summed E-state index contributed by atoms with van der Waals surface area (Å²) in [5, 5.41) is 3.49. The predicted molar refractivity (Wildman–Crippen MR) is 103 cm³/mol. The Bertz CT molecular complexity index is 1080. The van der Waals surface area contributed by atoms with Crippen LogP contribution < -0.4 is 26.2 Å². The van der Waals surface area contributed by atoms with Gasteiger partial charge in [0, 0.05) is 11.8 Å². The Kier molecular flexibility index (Phi) is 4.59. The number of fused-ring (bicyclic) bond motifs is 2. The van der Waals surface area contributed by atoms with Crippen molar-refractivity contribution in [3.63, 3.8) is 0 Å². The van der Waals surface area contributed by atoms with E-state index in [0.717, 1.165) is 16.4 Å². The van der Waals surface area contributed by atoms with Gasteiger partial charge in [-0.25, -0.2) is 9.66 Å². The van der Waals surface area contributed by atoms with Gasteiger partial charge in [-0.05, 0) is 24.3 Å². The molecule has 138 valence electrons. The van der Waals surface area contributed by atoms with Crippen LogP contribution in [-0.2, 0) is 4.79 Å². The molecule has 0 unspecified atom stereocenters. The standard InChI is InChI=1S/C18H16N4O4S/c19-22-17(24)12-3-1-2-4-13(12)21-18(22)27-10-16(23)20-11-5-6-14-15(9-11)26-8-7-25-14/h1-6,9H,7-8,10,19H2,(H,20,23). The molecule has 27 heavy (non-hydrogen) atoms. The third-order valence-electron chi connectivity index (χ3n) is 3.93. The molecule has 4 rings (SSSR count). The molecule has 1 aliphatic rings. The highest BCUT2D eigenvalue weighted by Gasteiger charge is 2.14. The number of nitrogens with two attached hydrogens (primary N) is 1. The van der Waals surface area contributed by atoms with Crippen LogP contribution in [0.15, 0.2) is 52.4 Å². The molecule has 1 aliphatic heterocycles. The Hall–Kier alpha value is -3.20. The van der Waals surface area contributed by atoms with Gasteiger partial charge in [-0.1, -0.05) is 23.9 Å². The number of rotatable bonds is 4. The maximum Gasteiger partial charge on any atom is 0.280 e. The summed E-state index contributed by atoms with van der Waals surface area (Å²) in [6.45, 7) is 0.983. The summed E-state index contributed by atoms with van der Waals surface area (Å²) in [6, 6.07) is 12.1. The molecule has 0 spiro atoms. The monoisotopic (exact) mass is 384 g/mol. The zero-order valence-corrected chi connectivity index (χ0v) is 15.0. The van der Waals surface area contributed by atoms with Gasteiger partial charge in [-0.3, -0.25) is 9.59 Å². The number of thioether (sulfide) groups is 1. The van der Waals surface area contributed by atoms with Crippen LogP contribution in [0.25, 0.3) is 10.9 Å². The zero-order valence-electron chi connectivity index (χ0n) is 14.2. The highest BCUT2D eigenvalue weighted by atomic mass is 32.2. The van der Waals surface area contributed by atoms with E-state index in [1.165, 1.54) is 0 Å². The molecule has 3 N–H and O–H groups in total. The van der Waals surface area contributed by atoms with Crippen molar-refractivity contribution in [2.24, 2.45) is 0 Å². The van der Waals surface area contributed by atoms with Gasteiger partial charge in [-0.2, -0.15) is 0 Å². The van der Waals surface area contributed by atoms with Crippen LogP contribution >= 0.6 is 11.8 Å². The van der Waals surface area contributed by atoms with E-state index in [9.17, 15) is 9.59 Å². The number of hydrogen-bond donors (Lipinski definition) is 2. The molecule has 0 bridgehead atoms. The summed E-state index contributed by atoms with van der Waals surface area (Å²) in [7, 11) is 0. The fraction of sp³-hybridized carbons (Fsp3) is 0.167. The highest BCUT2D eigenvalue weighted by Crippen LogP contribution is 2.32. The Balaban J connectivity index is 1.46. The number of amides is 1. The summed E-state index contributed by atoms with van der Waals surface area (Å²) >= 11 is 1.09. The minimum absolute atomic E-state index is 0.0520. The molecular weight excluding hydrogens is 368 g/mol. The first-order valence-electron chi connectivity index (χ1n) is 8.21. The fourth-order valence-corrected chi connectivity index (χ4v) is 3.39. The first-order chi connectivity index (χ1) is 13.1. The summed E-state index contributed by atoms with van der Waals surface area (Å²) in [6.07, 6.45) is 0. The minimum atomic E-state index is -0.352. The lowest BCUT2D eigenvalue weighted by Crippen LogP contribution is -2.30. The van der Waals surface area contributed by atoms with E-state index in [0.29, 0.717) is 41.3 Å². The Morgan fingerprint density at radius 3 is 2.81 bits per heavy atom. The van der Waals surface area contributed by atoms with Crippen molar-refractivity contribution in [1.82, 2.24) is 9.66 Å². The number of carbonyl (C=O) groups excluding carboxylic acids is 1. The Labute approximate surface area is 158 Å². The van der Waals surface area contributed by atoms with E-state index in [1.807, 2.05) is 0 Å². The van der Waals surface area contributed by atoms with Gasteiger partial charge in [0.1, 0.15) is 13.2 Å². The van der Waals surface area contributed by atoms with Gasteiger partial charge >= 0.3 is 0 Å². The Morgan fingerprint density at radius 1 is 1.19 bits per heavy atom. The second-order valence-corrected chi connectivity index (χ2v) is 6.72. The fourth-order valence-electron chi connectivity index (χ4n) is 2.68. The molecule has 8 nitrogen and oxygen atoms in total. The molecule has 2 aromatic carbocycles. The lowest BCUT2D eigenvalue weighted by molar-refractivity contribution is -0.113. The first-order valence-corrected chi connectivity index (χ1v) is 9.19. The van der Waals surface area contributed by atoms with Crippen LogP contribution in [0.4, 0.5) is 5.69 Å². The number of anilines is 1. The summed E-state index contributed by atoms with van der Waals surface area (Å²) in [5.74, 6) is 6.87. The third kappa shape index (κ3) is 3.54. The van der Waals surface area contributed by atoms with Crippen LogP contribution in [0.2, 0.25) is 0 Å². The molecule has 1 aromatic heterocycles. The van der Waals surface area contributed by atoms with E-state index in [2.05, 4.69) is 10.3 Å². The highest BCUT2D eigenvalue weighted by molar-refractivity contribution is 7.99. The van der Waals surface area contributed by atoms with Crippen molar-refractivity contribution >= 4 is 34.3 Å². The molecule has 3 aromatic rings. The average Bonchev–Trinajstić information content (AvgIpc) is 2.69. The molecule has 0 aliphatic carbocycles. The first kappa shape index (κ1) is 17.2. The van der Waals surface area contributed by atoms with Crippen LogP contribution in [-0.4, -0.2) is 34.5 Å².